The molecule has 130 valence electrons. The van der Waals surface area contributed by atoms with Crippen molar-refractivity contribution in [3.8, 4) is 22.8 Å². The van der Waals surface area contributed by atoms with Crippen LogP contribution in [0.3, 0.4) is 0 Å². The van der Waals surface area contributed by atoms with E-state index in [0.717, 1.165) is 22.2 Å². The van der Waals surface area contributed by atoms with Crippen LogP contribution in [-0.2, 0) is 6.54 Å². The summed E-state index contributed by atoms with van der Waals surface area (Å²) >= 11 is 6.01. The Hall–Kier alpha value is -2.99. The van der Waals surface area contributed by atoms with E-state index in [1.165, 1.54) is 0 Å². The lowest BCUT2D eigenvalue weighted by Crippen LogP contribution is -2.23. The Kier molecular flexibility index (Phi) is 4.05. The van der Waals surface area contributed by atoms with Crippen LogP contribution in [0.15, 0.2) is 51.8 Å². The Bertz CT molecular complexity index is 1180. The van der Waals surface area contributed by atoms with Crippen molar-refractivity contribution in [3.63, 3.8) is 0 Å². The Morgan fingerprint density at radius 3 is 2.73 bits per heavy atom. The van der Waals surface area contributed by atoms with E-state index in [0.29, 0.717) is 29.0 Å². The average molecular weight is 367 g/mol. The third-order valence-corrected chi connectivity index (χ3v) is 4.42. The van der Waals surface area contributed by atoms with Crippen LogP contribution in [0.4, 0.5) is 0 Å². The summed E-state index contributed by atoms with van der Waals surface area (Å²) in [6.07, 6.45) is 0. The number of rotatable bonds is 3. The molecular formula is C19H15ClN4O2. The second-order valence-electron chi connectivity index (χ2n) is 5.88. The molecule has 0 fully saturated rings. The molecule has 0 N–H and O–H groups in total. The van der Waals surface area contributed by atoms with Crippen molar-refractivity contribution in [2.24, 2.45) is 0 Å². The van der Waals surface area contributed by atoms with Crippen LogP contribution in [0, 0.1) is 6.92 Å². The van der Waals surface area contributed by atoms with Gasteiger partial charge in [0.25, 0.3) is 11.4 Å². The second kappa shape index (κ2) is 6.38. The molecule has 0 unspecified atom stereocenters. The molecule has 0 atom stereocenters. The van der Waals surface area contributed by atoms with E-state index in [1.807, 2.05) is 37.3 Å². The first kappa shape index (κ1) is 16.5. The fraction of sp³-hybridized carbons (Fsp3) is 0.158. The third kappa shape index (κ3) is 2.78. The van der Waals surface area contributed by atoms with Gasteiger partial charge in [0, 0.05) is 22.7 Å². The molecule has 0 radical (unpaired) electrons. The van der Waals surface area contributed by atoms with E-state index >= 15 is 0 Å². The van der Waals surface area contributed by atoms with Crippen LogP contribution in [0.5, 0.6) is 0 Å². The predicted octanol–water partition coefficient (Wildman–Crippen LogP) is 4.10. The number of hydrogen-bond donors (Lipinski definition) is 0. The maximum atomic E-state index is 12.2. The van der Waals surface area contributed by atoms with Crippen LogP contribution in [0.2, 0.25) is 5.02 Å². The largest absolute Gasteiger partial charge is 0.334 e. The number of nitrogens with zero attached hydrogens (tertiary/aromatic N) is 4. The molecule has 2 aromatic heterocycles. The highest BCUT2D eigenvalue weighted by molar-refractivity contribution is 6.30. The van der Waals surface area contributed by atoms with Gasteiger partial charge in [-0.25, -0.2) is 4.98 Å². The van der Waals surface area contributed by atoms with Gasteiger partial charge in [-0.15, -0.1) is 0 Å². The molecule has 4 aromatic rings. The van der Waals surface area contributed by atoms with Crippen molar-refractivity contribution in [3.05, 3.63) is 63.5 Å². The number of halogens is 1. The van der Waals surface area contributed by atoms with Gasteiger partial charge in [0.1, 0.15) is 5.69 Å². The van der Waals surface area contributed by atoms with Gasteiger partial charge in [0.2, 0.25) is 5.82 Å². The van der Waals surface area contributed by atoms with Crippen molar-refractivity contribution in [1.29, 1.82) is 0 Å². The summed E-state index contributed by atoms with van der Waals surface area (Å²) in [5.41, 5.74) is 3.41. The molecule has 2 heterocycles. The number of benzene rings is 2. The van der Waals surface area contributed by atoms with E-state index in [-0.39, 0.29) is 5.56 Å². The van der Waals surface area contributed by atoms with Gasteiger partial charge in [-0.3, -0.25) is 4.79 Å². The standard InChI is InChI=1S/C19H15ClN4O2/c1-3-24-16-8-7-12(10-15(16)21-11(2)19(24)25)17-22-18(26-23-17)13-5-4-6-14(20)9-13/h4-10H,3H2,1-2H3. The molecule has 0 saturated carbocycles. The van der Waals surface area contributed by atoms with Crippen LogP contribution < -0.4 is 5.56 Å². The van der Waals surface area contributed by atoms with Crippen molar-refractivity contribution in [1.82, 2.24) is 19.7 Å². The van der Waals surface area contributed by atoms with Gasteiger partial charge in [-0.2, -0.15) is 4.98 Å². The summed E-state index contributed by atoms with van der Waals surface area (Å²) in [5.74, 6) is 0.848. The Balaban J connectivity index is 1.81. The topological polar surface area (TPSA) is 73.8 Å². The molecule has 0 aliphatic heterocycles. The highest BCUT2D eigenvalue weighted by atomic mass is 35.5. The van der Waals surface area contributed by atoms with E-state index in [9.17, 15) is 4.79 Å². The lowest BCUT2D eigenvalue weighted by atomic mass is 10.1. The molecule has 2 aromatic carbocycles. The molecule has 26 heavy (non-hydrogen) atoms. The fourth-order valence-electron chi connectivity index (χ4n) is 2.91. The minimum Gasteiger partial charge on any atom is -0.334 e. The summed E-state index contributed by atoms with van der Waals surface area (Å²) in [6, 6.07) is 12.8. The summed E-state index contributed by atoms with van der Waals surface area (Å²) < 4.78 is 7.07. The Labute approximate surface area is 154 Å². The van der Waals surface area contributed by atoms with E-state index in [2.05, 4.69) is 15.1 Å². The normalized spacial score (nSPS) is 11.2. The SMILES string of the molecule is CCn1c(=O)c(C)nc2cc(-c3noc(-c4cccc(Cl)c4)n3)ccc21. The predicted molar refractivity (Wildman–Crippen MR) is 100 cm³/mol. The van der Waals surface area contributed by atoms with Crippen LogP contribution in [0.1, 0.15) is 12.6 Å². The number of aromatic nitrogens is 4. The molecular weight excluding hydrogens is 352 g/mol. The zero-order valence-corrected chi connectivity index (χ0v) is 15.0. The maximum absolute atomic E-state index is 12.2. The van der Waals surface area contributed by atoms with E-state index in [4.69, 9.17) is 16.1 Å². The minimum atomic E-state index is -0.0736. The lowest BCUT2D eigenvalue weighted by Gasteiger charge is -2.09. The summed E-state index contributed by atoms with van der Waals surface area (Å²) in [6.45, 7) is 4.23. The van der Waals surface area contributed by atoms with Gasteiger partial charge >= 0.3 is 0 Å². The molecule has 0 saturated heterocycles. The first-order valence-electron chi connectivity index (χ1n) is 8.18. The molecule has 0 amide bonds. The quantitative estimate of drug-likeness (QED) is 0.545. The van der Waals surface area contributed by atoms with Crippen LogP contribution in [0.25, 0.3) is 33.9 Å². The zero-order valence-electron chi connectivity index (χ0n) is 14.2. The lowest BCUT2D eigenvalue weighted by molar-refractivity contribution is 0.432. The number of aryl methyl sites for hydroxylation is 2. The molecule has 0 spiro atoms. The van der Waals surface area contributed by atoms with Gasteiger partial charge < -0.3 is 9.09 Å². The van der Waals surface area contributed by atoms with Crippen LogP contribution in [-0.4, -0.2) is 19.7 Å². The Morgan fingerprint density at radius 1 is 1.12 bits per heavy atom. The third-order valence-electron chi connectivity index (χ3n) is 4.18. The first-order chi connectivity index (χ1) is 12.6. The molecule has 0 aliphatic rings. The number of hydrogen-bond acceptors (Lipinski definition) is 5. The minimum absolute atomic E-state index is 0.0736. The van der Waals surface area contributed by atoms with Crippen molar-refractivity contribution < 1.29 is 4.52 Å². The molecule has 7 heteroatoms. The van der Waals surface area contributed by atoms with Crippen molar-refractivity contribution in [2.45, 2.75) is 20.4 Å². The number of fused-ring (bicyclic) bond motifs is 1. The first-order valence-corrected chi connectivity index (χ1v) is 8.56. The smallest absolute Gasteiger partial charge is 0.272 e. The fourth-order valence-corrected chi connectivity index (χ4v) is 3.10. The highest BCUT2D eigenvalue weighted by Gasteiger charge is 2.13. The van der Waals surface area contributed by atoms with E-state index in [1.54, 1.807) is 23.6 Å². The molecule has 4 rings (SSSR count). The summed E-state index contributed by atoms with van der Waals surface area (Å²) in [7, 11) is 0. The zero-order chi connectivity index (χ0) is 18.3. The van der Waals surface area contributed by atoms with Gasteiger partial charge in [0.15, 0.2) is 0 Å². The highest BCUT2D eigenvalue weighted by Crippen LogP contribution is 2.25. The average Bonchev–Trinajstić information content (AvgIpc) is 3.13. The monoisotopic (exact) mass is 366 g/mol. The maximum Gasteiger partial charge on any atom is 0.272 e. The molecule has 6 nitrogen and oxygen atoms in total. The summed E-state index contributed by atoms with van der Waals surface area (Å²) in [4.78, 5) is 21.1. The van der Waals surface area contributed by atoms with Gasteiger partial charge in [-0.05, 0) is 50.2 Å². The summed E-state index contributed by atoms with van der Waals surface area (Å²) in [5, 5.41) is 4.66. The van der Waals surface area contributed by atoms with E-state index < -0.39 is 0 Å². The van der Waals surface area contributed by atoms with Gasteiger partial charge in [-0.1, -0.05) is 22.8 Å². The van der Waals surface area contributed by atoms with Crippen molar-refractivity contribution in [2.75, 3.05) is 0 Å². The van der Waals surface area contributed by atoms with Crippen molar-refractivity contribution >= 4 is 22.6 Å². The Morgan fingerprint density at radius 2 is 1.96 bits per heavy atom. The van der Waals surface area contributed by atoms with Gasteiger partial charge in [0.05, 0.1) is 11.0 Å². The van der Waals surface area contributed by atoms with Crippen LogP contribution >= 0.6 is 11.6 Å². The molecule has 0 aliphatic carbocycles. The second-order valence-corrected chi connectivity index (χ2v) is 6.32. The molecule has 0 bridgehead atoms.